The number of hydrogen-bond acceptors (Lipinski definition) is 3. The zero-order valence-electron chi connectivity index (χ0n) is 6.99. The van der Waals surface area contributed by atoms with Crippen LogP contribution in [0.1, 0.15) is 12.6 Å². The monoisotopic (exact) mass is 154 g/mol. The quantitative estimate of drug-likeness (QED) is 0.664. The van der Waals surface area contributed by atoms with Crippen LogP contribution in [0.2, 0.25) is 0 Å². The van der Waals surface area contributed by atoms with Gasteiger partial charge in [0, 0.05) is 13.2 Å². The van der Waals surface area contributed by atoms with E-state index in [0.29, 0.717) is 12.5 Å². The number of nitrogens with two attached hydrogens (primary N) is 1. The van der Waals surface area contributed by atoms with Crippen LogP contribution in [-0.2, 0) is 13.5 Å². The molecule has 0 aliphatic rings. The molecule has 4 nitrogen and oxygen atoms in total. The minimum atomic E-state index is 0.492. The number of hydrogen-bond donors (Lipinski definition) is 1. The zero-order valence-corrected chi connectivity index (χ0v) is 6.99. The number of aryl methyl sites for hydroxylation is 1. The fourth-order valence-electron chi connectivity index (χ4n) is 0.929. The lowest BCUT2D eigenvalue weighted by Crippen LogP contribution is -2.13. The average molecular weight is 154 g/mol. The first kappa shape index (κ1) is 8.20. The average Bonchev–Trinajstić information content (AvgIpc) is 2.35. The van der Waals surface area contributed by atoms with Crippen LogP contribution in [-0.4, -0.2) is 21.5 Å². The van der Waals surface area contributed by atoms with Crippen molar-refractivity contribution in [2.75, 3.05) is 6.54 Å². The van der Waals surface area contributed by atoms with Crippen molar-refractivity contribution in [3.05, 3.63) is 11.9 Å². The molecule has 1 atom stereocenters. The number of rotatable bonds is 3. The molecular weight excluding hydrogens is 140 g/mol. The highest BCUT2D eigenvalue weighted by molar-refractivity contribution is 4.93. The molecule has 1 rings (SSSR count). The smallest absolute Gasteiger partial charge is 0.0830 e. The summed E-state index contributed by atoms with van der Waals surface area (Å²) in [5.74, 6) is 0.492. The standard InChI is InChI=1S/C7H14N4/c1-6(4-8)3-7-5-11(2)10-9-7/h5-6H,3-4,8H2,1-2H3. The van der Waals surface area contributed by atoms with Crippen LogP contribution in [0.5, 0.6) is 0 Å². The minimum Gasteiger partial charge on any atom is -0.330 e. The molecule has 0 aliphatic carbocycles. The highest BCUT2D eigenvalue weighted by Gasteiger charge is 2.03. The van der Waals surface area contributed by atoms with Gasteiger partial charge in [-0.1, -0.05) is 12.1 Å². The summed E-state index contributed by atoms with van der Waals surface area (Å²) in [6.45, 7) is 2.81. The van der Waals surface area contributed by atoms with E-state index in [1.165, 1.54) is 0 Å². The Hall–Kier alpha value is -0.900. The molecule has 0 aliphatic heterocycles. The molecule has 0 aromatic carbocycles. The van der Waals surface area contributed by atoms with Crippen LogP contribution in [0, 0.1) is 5.92 Å². The van der Waals surface area contributed by atoms with E-state index in [1.54, 1.807) is 4.68 Å². The molecular formula is C7H14N4. The number of nitrogens with zero attached hydrogens (tertiary/aromatic N) is 3. The molecule has 1 heterocycles. The van der Waals surface area contributed by atoms with Gasteiger partial charge in [-0.25, -0.2) is 0 Å². The van der Waals surface area contributed by atoms with E-state index in [4.69, 9.17) is 5.73 Å². The summed E-state index contributed by atoms with van der Waals surface area (Å²) in [4.78, 5) is 0. The highest BCUT2D eigenvalue weighted by Crippen LogP contribution is 2.02. The Morgan fingerprint density at radius 1 is 1.73 bits per heavy atom. The second-order valence-corrected chi connectivity index (χ2v) is 2.93. The third kappa shape index (κ3) is 2.31. The molecule has 11 heavy (non-hydrogen) atoms. The Morgan fingerprint density at radius 2 is 2.45 bits per heavy atom. The topological polar surface area (TPSA) is 56.7 Å². The first-order chi connectivity index (χ1) is 5.22. The van der Waals surface area contributed by atoms with Gasteiger partial charge in [-0.05, 0) is 18.9 Å². The third-order valence-electron chi connectivity index (χ3n) is 1.61. The van der Waals surface area contributed by atoms with Crippen LogP contribution < -0.4 is 5.73 Å². The molecule has 0 fully saturated rings. The van der Waals surface area contributed by atoms with Crippen molar-refractivity contribution in [1.29, 1.82) is 0 Å². The van der Waals surface area contributed by atoms with Crippen LogP contribution in [0.25, 0.3) is 0 Å². The Balaban J connectivity index is 2.50. The summed E-state index contributed by atoms with van der Waals surface area (Å²) < 4.78 is 1.71. The molecule has 1 aromatic heterocycles. The summed E-state index contributed by atoms with van der Waals surface area (Å²) in [7, 11) is 1.86. The molecule has 4 heteroatoms. The van der Waals surface area contributed by atoms with Gasteiger partial charge in [0.1, 0.15) is 0 Å². The summed E-state index contributed by atoms with van der Waals surface area (Å²) in [5, 5.41) is 7.79. The second kappa shape index (κ2) is 3.48. The van der Waals surface area contributed by atoms with E-state index in [0.717, 1.165) is 12.1 Å². The number of aromatic nitrogens is 3. The Morgan fingerprint density at radius 3 is 2.91 bits per heavy atom. The summed E-state index contributed by atoms with van der Waals surface area (Å²) in [6, 6.07) is 0. The summed E-state index contributed by atoms with van der Waals surface area (Å²) in [5.41, 5.74) is 6.49. The lowest BCUT2D eigenvalue weighted by atomic mass is 10.1. The van der Waals surface area contributed by atoms with Gasteiger partial charge in [0.2, 0.25) is 0 Å². The van der Waals surface area contributed by atoms with Gasteiger partial charge < -0.3 is 5.73 Å². The first-order valence-electron chi connectivity index (χ1n) is 3.77. The van der Waals surface area contributed by atoms with Crippen LogP contribution >= 0.6 is 0 Å². The molecule has 1 unspecified atom stereocenters. The molecule has 0 saturated carbocycles. The van der Waals surface area contributed by atoms with E-state index in [2.05, 4.69) is 17.2 Å². The molecule has 1 aromatic rings. The first-order valence-corrected chi connectivity index (χ1v) is 3.77. The van der Waals surface area contributed by atoms with E-state index in [1.807, 2.05) is 13.2 Å². The van der Waals surface area contributed by atoms with Crippen molar-refractivity contribution < 1.29 is 0 Å². The predicted molar refractivity (Wildman–Crippen MR) is 42.9 cm³/mol. The third-order valence-corrected chi connectivity index (χ3v) is 1.61. The lowest BCUT2D eigenvalue weighted by molar-refractivity contribution is 0.583. The van der Waals surface area contributed by atoms with Gasteiger partial charge in [0.25, 0.3) is 0 Å². The van der Waals surface area contributed by atoms with Gasteiger partial charge in [0.05, 0.1) is 5.69 Å². The molecule has 0 saturated heterocycles. The second-order valence-electron chi connectivity index (χ2n) is 2.93. The van der Waals surface area contributed by atoms with E-state index in [-0.39, 0.29) is 0 Å². The lowest BCUT2D eigenvalue weighted by Gasteiger charge is -2.02. The molecule has 62 valence electrons. The van der Waals surface area contributed by atoms with E-state index in [9.17, 15) is 0 Å². The normalized spacial score (nSPS) is 13.4. The molecule has 2 N–H and O–H groups in total. The summed E-state index contributed by atoms with van der Waals surface area (Å²) in [6.07, 6.45) is 2.84. The Labute approximate surface area is 66.4 Å². The van der Waals surface area contributed by atoms with Gasteiger partial charge in [-0.15, -0.1) is 5.10 Å². The minimum absolute atomic E-state index is 0.492. The van der Waals surface area contributed by atoms with Gasteiger partial charge in [0.15, 0.2) is 0 Å². The van der Waals surface area contributed by atoms with Crippen LogP contribution in [0.3, 0.4) is 0 Å². The van der Waals surface area contributed by atoms with E-state index >= 15 is 0 Å². The fourth-order valence-corrected chi connectivity index (χ4v) is 0.929. The Bertz CT molecular complexity index is 218. The van der Waals surface area contributed by atoms with Crippen molar-refractivity contribution in [3.8, 4) is 0 Å². The van der Waals surface area contributed by atoms with Crippen molar-refractivity contribution in [2.24, 2.45) is 18.7 Å². The van der Waals surface area contributed by atoms with Crippen molar-refractivity contribution in [1.82, 2.24) is 15.0 Å². The predicted octanol–water partition coefficient (Wildman–Crippen LogP) is -0.0476. The van der Waals surface area contributed by atoms with Crippen molar-refractivity contribution in [2.45, 2.75) is 13.3 Å². The maximum atomic E-state index is 5.47. The van der Waals surface area contributed by atoms with Gasteiger partial charge in [-0.3, -0.25) is 4.68 Å². The summed E-state index contributed by atoms with van der Waals surface area (Å²) >= 11 is 0. The van der Waals surface area contributed by atoms with Crippen molar-refractivity contribution in [3.63, 3.8) is 0 Å². The van der Waals surface area contributed by atoms with Crippen molar-refractivity contribution >= 4 is 0 Å². The maximum Gasteiger partial charge on any atom is 0.0830 e. The highest BCUT2D eigenvalue weighted by atomic mass is 15.4. The molecule has 0 radical (unpaired) electrons. The SMILES string of the molecule is CC(CN)Cc1cn(C)nn1. The Kier molecular flexibility index (Phi) is 2.59. The van der Waals surface area contributed by atoms with Gasteiger partial charge in [-0.2, -0.15) is 0 Å². The van der Waals surface area contributed by atoms with E-state index < -0.39 is 0 Å². The molecule has 0 bridgehead atoms. The molecule has 0 amide bonds. The molecule has 0 spiro atoms. The van der Waals surface area contributed by atoms with Crippen LogP contribution in [0.15, 0.2) is 6.20 Å². The largest absolute Gasteiger partial charge is 0.330 e. The maximum absolute atomic E-state index is 5.47. The van der Waals surface area contributed by atoms with Gasteiger partial charge >= 0.3 is 0 Å². The van der Waals surface area contributed by atoms with Crippen LogP contribution in [0.4, 0.5) is 0 Å². The zero-order chi connectivity index (χ0) is 8.27. The fraction of sp³-hybridized carbons (Fsp3) is 0.714.